The standard InChI is InChI=1S/C18H16FN5O3S/c1-27-12-8-6-11(7-9-12)20-15(25)10-16-23-24-18(28-16)22-17(26)21-14-5-3-2-4-13(14)19/h2-9H,10H2,1H3,(H,20,25)(H2,21,22,24,26). The number of anilines is 3. The number of nitrogens with zero attached hydrogens (tertiary/aromatic N) is 2. The third kappa shape index (κ3) is 5.24. The van der Waals surface area contributed by atoms with Crippen molar-refractivity contribution in [3.8, 4) is 5.75 Å². The van der Waals surface area contributed by atoms with E-state index < -0.39 is 11.8 Å². The summed E-state index contributed by atoms with van der Waals surface area (Å²) in [5.74, 6) is -0.138. The number of amides is 3. The van der Waals surface area contributed by atoms with Crippen molar-refractivity contribution < 1.29 is 18.7 Å². The minimum absolute atomic E-state index is 0.000306. The Morgan fingerprint density at radius 2 is 1.79 bits per heavy atom. The molecule has 0 bridgehead atoms. The van der Waals surface area contributed by atoms with Gasteiger partial charge in [0.2, 0.25) is 11.0 Å². The molecule has 0 saturated heterocycles. The lowest BCUT2D eigenvalue weighted by molar-refractivity contribution is -0.115. The maximum absolute atomic E-state index is 13.5. The van der Waals surface area contributed by atoms with Crippen LogP contribution in [0.1, 0.15) is 5.01 Å². The second-order valence-corrected chi connectivity index (χ2v) is 6.58. The number of hydrogen-bond donors (Lipinski definition) is 3. The summed E-state index contributed by atoms with van der Waals surface area (Å²) < 4.78 is 18.6. The Morgan fingerprint density at radius 3 is 2.50 bits per heavy atom. The van der Waals surface area contributed by atoms with E-state index in [1.807, 2.05) is 0 Å². The molecule has 3 rings (SSSR count). The number of benzene rings is 2. The van der Waals surface area contributed by atoms with Crippen LogP contribution in [0.25, 0.3) is 0 Å². The number of para-hydroxylation sites is 1. The summed E-state index contributed by atoms with van der Waals surface area (Å²) in [4.78, 5) is 24.0. The summed E-state index contributed by atoms with van der Waals surface area (Å²) in [6.45, 7) is 0. The molecule has 10 heteroatoms. The van der Waals surface area contributed by atoms with E-state index in [1.54, 1.807) is 37.4 Å². The first-order valence-electron chi connectivity index (χ1n) is 8.12. The minimum atomic E-state index is -0.657. The highest BCUT2D eigenvalue weighted by molar-refractivity contribution is 7.15. The van der Waals surface area contributed by atoms with Gasteiger partial charge in [-0.15, -0.1) is 10.2 Å². The van der Waals surface area contributed by atoms with Gasteiger partial charge in [-0.3, -0.25) is 10.1 Å². The molecule has 0 aliphatic heterocycles. The Morgan fingerprint density at radius 1 is 1.04 bits per heavy atom. The van der Waals surface area contributed by atoms with Crippen LogP contribution in [-0.2, 0) is 11.2 Å². The monoisotopic (exact) mass is 401 g/mol. The molecule has 8 nitrogen and oxygen atoms in total. The van der Waals surface area contributed by atoms with Gasteiger partial charge in [-0.2, -0.15) is 0 Å². The number of carbonyl (C=O) groups is 2. The number of aromatic nitrogens is 2. The van der Waals surface area contributed by atoms with Gasteiger partial charge in [-0.1, -0.05) is 23.5 Å². The number of hydrogen-bond acceptors (Lipinski definition) is 6. The molecule has 1 heterocycles. The summed E-state index contributed by atoms with van der Waals surface area (Å²) in [5, 5.41) is 15.9. The van der Waals surface area contributed by atoms with Crippen molar-refractivity contribution in [3.63, 3.8) is 0 Å². The first-order valence-corrected chi connectivity index (χ1v) is 8.94. The van der Waals surface area contributed by atoms with Gasteiger partial charge in [0.05, 0.1) is 19.2 Å². The lowest BCUT2D eigenvalue weighted by atomic mass is 10.3. The van der Waals surface area contributed by atoms with Crippen LogP contribution in [0.4, 0.5) is 25.7 Å². The third-order valence-electron chi connectivity index (χ3n) is 3.49. The normalized spacial score (nSPS) is 10.2. The van der Waals surface area contributed by atoms with Gasteiger partial charge >= 0.3 is 6.03 Å². The smallest absolute Gasteiger partial charge is 0.325 e. The largest absolute Gasteiger partial charge is 0.497 e. The molecule has 3 N–H and O–H groups in total. The fraction of sp³-hybridized carbons (Fsp3) is 0.111. The topological polar surface area (TPSA) is 105 Å². The SMILES string of the molecule is COc1ccc(NC(=O)Cc2nnc(NC(=O)Nc3ccccc3F)s2)cc1. The number of urea groups is 1. The summed E-state index contributed by atoms with van der Waals surface area (Å²) >= 11 is 1.05. The average Bonchev–Trinajstić information content (AvgIpc) is 3.10. The molecule has 2 aromatic carbocycles. The van der Waals surface area contributed by atoms with E-state index >= 15 is 0 Å². The molecule has 0 spiro atoms. The molecular formula is C18H16FN5O3S. The van der Waals surface area contributed by atoms with Gasteiger partial charge in [0.1, 0.15) is 16.6 Å². The Balaban J connectivity index is 1.52. The number of methoxy groups -OCH3 is 1. The Kier molecular flexibility index (Phi) is 6.12. The van der Waals surface area contributed by atoms with Gasteiger partial charge in [-0.05, 0) is 36.4 Å². The molecule has 0 radical (unpaired) electrons. The van der Waals surface area contributed by atoms with Gasteiger partial charge in [-0.25, -0.2) is 9.18 Å². The van der Waals surface area contributed by atoms with Crippen LogP contribution >= 0.6 is 11.3 Å². The highest BCUT2D eigenvalue weighted by Gasteiger charge is 2.13. The zero-order valence-corrected chi connectivity index (χ0v) is 15.5. The van der Waals surface area contributed by atoms with Crippen molar-refractivity contribution >= 4 is 39.8 Å². The molecule has 1 aromatic heterocycles. The highest BCUT2D eigenvalue weighted by atomic mass is 32.1. The maximum Gasteiger partial charge on any atom is 0.325 e. The molecule has 0 aliphatic carbocycles. The van der Waals surface area contributed by atoms with E-state index in [4.69, 9.17) is 4.74 Å². The predicted molar refractivity (Wildman–Crippen MR) is 104 cm³/mol. The second-order valence-electron chi connectivity index (χ2n) is 5.51. The summed E-state index contributed by atoms with van der Waals surface area (Å²) in [7, 11) is 1.56. The van der Waals surface area contributed by atoms with Crippen molar-refractivity contribution in [1.82, 2.24) is 10.2 Å². The van der Waals surface area contributed by atoms with Crippen molar-refractivity contribution in [1.29, 1.82) is 0 Å². The zero-order chi connectivity index (χ0) is 19.9. The quantitative estimate of drug-likeness (QED) is 0.586. The number of halogens is 1. The summed E-state index contributed by atoms with van der Waals surface area (Å²) in [5.41, 5.74) is 0.668. The number of carbonyl (C=O) groups excluding carboxylic acids is 2. The molecule has 0 aliphatic rings. The van der Waals surface area contributed by atoms with E-state index in [1.165, 1.54) is 18.2 Å². The third-order valence-corrected chi connectivity index (χ3v) is 4.33. The molecule has 0 saturated carbocycles. The second kappa shape index (κ2) is 8.91. The molecule has 3 aromatic rings. The summed E-state index contributed by atoms with van der Waals surface area (Å²) in [6, 6.07) is 12.0. The first kappa shape index (κ1) is 19.2. The van der Waals surface area contributed by atoms with Crippen LogP contribution in [0.3, 0.4) is 0 Å². The van der Waals surface area contributed by atoms with E-state index in [0.29, 0.717) is 16.4 Å². The Labute approximate surface area is 163 Å². The van der Waals surface area contributed by atoms with Crippen LogP contribution in [-0.4, -0.2) is 29.2 Å². The lowest BCUT2D eigenvalue weighted by Crippen LogP contribution is -2.19. The van der Waals surface area contributed by atoms with Crippen LogP contribution in [0.2, 0.25) is 0 Å². The van der Waals surface area contributed by atoms with Gasteiger partial charge in [0.25, 0.3) is 0 Å². The fourth-order valence-electron chi connectivity index (χ4n) is 2.21. The van der Waals surface area contributed by atoms with Crippen LogP contribution in [0.15, 0.2) is 48.5 Å². The zero-order valence-electron chi connectivity index (χ0n) is 14.7. The Hall–Kier alpha value is -3.53. The molecular weight excluding hydrogens is 385 g/mol. The highest BCUT2D eigenvalue weighted by Crippen LogP contribution is 2.19. The van der Waals surface area contributed by atoms with Crippen molar-refractivity contribution in [3.05, 3.63) is 59.4 Å². The van der Waals surface area contributed by atoms with Gasteiger partial charge in [0, 0.05) is 5.69 Å². The van der Waals surface area contributed by atoms with Crippen LogP contribution in [0.5, 0.6) is 5.75 Å². The van der Waals surface area contributed by atoms with E-state index in [9.17, 15) is 14.0 Å². The lowest BCUT2D eigenvalue weighted by Gasteiger charge is -2.05. The van der Waals surface area contributed by atoms with E-state index in [-0.39, 0.29) is 23.1 Å². The number of nitrogens with one attached hydrogen (secondary N) is 3. The van der Waals surface area contributed by atoms with Gasteiger partial charge in [0.15, 0.2) is 0 Å². The number of ether oxygens (including phenoxy) is 1. The average molecular weight is 401 g/mol. The maximum atomic E-state index is 13.5. The molecule has 3 amide bonds. The molecule has 0 fully saturated rings. The van der Waals surface area contributed by atoms with Crippen LogP contribution < -0.4 is 20.7 Å². The molecule has 144 valence electrons. The minimum Gasteiger partial charge on any atom is -0.497 e. The van der Waals surface area contributed by atoms with Crippen molar-refractivity contribution in [2.24, 2.45) is 0 Å². The van der Waals surface area contributed by atoms with Crippen molar-refractivity contribution in [2.75, 3.05) is 23.1 Å². The van der Waals surface area contributed by atoms with E-state index in [2.05, 4.69) is 26.1 Å². The molecule has 28 heavy (non-hydrogen) atoms. The first-order chi connectivity index (χ1) is 13.5. The fourth-order valence-corrected chi connectivity index (χ4v) is 2.94. The summed E-state index contributed by atoms with van der Waals surface area (Å²) in [6.07, 6.45) is 0.000306. The van der Waals surface area contributed by atoms with Crippen LogP contribution in [0, 0.1) is 5.82 Å². The number of rotatable bonds is 6. The predicted octanol–water partition coefficient (Wildman–Crippen LogP) is 3.51. The molecule has 0 unspecified atom stereocenters. The Bertz CT molecular complexity index is 977. The van der Waals surface area contributed by atoms with E-state index in [0.717, 1.165) is 11.3 Å². The van der Waals surface area contributed by atoms with Crippen molar-refractivity contribution in [2.45, 2.75) is 6.42 Å². The molecule has 0 atom stereocenters. The van der Waals surface area contributed by atoms with Gasteiger partial charge < -0.3 is 15.4 Å².